The molecule has 0 spiro atoms. The third kappa shape index (κ3) is 2.85. The Labute approximate surface area is 161 Å². The number of hydrogen-bond donors (Lipinski definition) is 1. The Morgan fingerprint density at radius 3 is 2.71 bits per heavy atom. The predicted molar refractivity (Wildman–Crippen MR) is 101 cm³/mol. The van der Waals surface area contributed by atoms with Gasteiger partial charge in [-0.15, -0.1) is 5.10 Å². The lowest BCUT2D eigenvalue weighted by atomic mass is 10.1. The number of benzene rings is 1. The van der Waals surface area contributed by atoms with Crippen molar-refractivity contribution in [3.8, 4) is 16.8 Å². The summed E-state index contributed by atoms with van der Waals surface area (Å²) in [6.45, 7) is 0. The fourth-order valence-electron chi connectivity index (χ4n) is 2.88. The number of hydrogen-bond acceptors (Lipinski definition) is 8. The molecule has 0 unspecified atom stereocenters. The number of furan rings is 1. The first-order valence-corrected chi connectivity index (χ1v) is 8.95. The largest absolute Gasteiger partial charge is 0.456 e. The molecule has 28 heavy (non-hydrogen) atoms. The summed E-state index contributed by atoms with van der Waals surface area (Å²) in [6, 6.07) is 9.41. The number of carbonyl (C=O) groups is 2. The minimum absolute atomic E-state index is 0.296. The minimum atomic E-state index is -0.424. The van der Waals surface area contributed by atoms with Crippen molar-refractivity contribution >= 4 is 40.0 Å². The van der Waals surface area contributed by atoms with E-state index in [2.05, 4.69) is 25.8 Å². The van der Waals surface area contributed by atoms with Crippen LogP contribution in [0.25, 0.3) is 33.9 Å². The van der Waals surface area contributed by atoms with E-state index < -0.39 is 11.1 Å². The van der Waals surface area contributed by atoms with Gasteiger partial charge in [-0.2, -0.15) is 0 Å². The Morgan fingerprint density at radius 2 is 2.00 bits per heavy atom. The molecule has 1 aliphatic heterocycles. The molecule has 0 bridgehead atoms. The van der Waals surface area contributed by atoms with Gasteiger partial charge in [0.25, 0.3) is 11.1 Å². The summed E-state index contributed by atoms with van der Waals surface area (Å²) in [4.78, 5) is 27.6. The molecule has 136 valence electrons. The number of amides is 2. The van der Waals surface area contributed by atoms with Crippen molar-refractivity contribution in [1.82, 2.24) is 30.5 Å². The SMILES string of the molecule is O=C1NC(=O)/C(=C\c2cc3cncc(-c4ccc(-n5cnnn5)cc4)c3o2)S1. The number of fused-ring (bicyclic) bond motifs is 1. The van der Waals surface area contributed by atoms with Crippen LogP contribution in [0, 0.1) is 0 Å². The molecule has 0 atom stereocenters. The number of tetrazole rings is 1. The second-order valence-corrected chi connectivity index (χ2v) is 6.92. The number of nitrogens with one attached hydrogen (secondary N) is 1. The first-order chi connectivity index (χ1) is 13.7. The molecule has 1 aromatic carbocycles. The smallest absolute Gasteiger partial charge is 0.290 e. The molecule has 4 aromatic rings. The van der Waals surface area contributed by atoms with Gasteiger partial charge < -0.3 is 4.42 Å². The number of rotatable bonds is 3. The normalized spacial score (nSPS) is 15.5. The second kappa shape index (κ2) is 6.43. The van der Waals surface area contributed by atoms with Gasteiger partial charge in [0.1, 0.15) is 17.7 Å². The van der Waals surface area contributed by atoms with E-state index >= 15 is 0 Å². The molecule has 0 aliphatic carbocycles. The van der Waals surface area contributed by atoms with Crippen molar-refractivity contribution in [2.24, 2.45) is 0 Å². The highest BCUT2D eigenvalue weighted by molar-refractivity contribution is 8.18. The van der Waals surface area contributed by atoms with Crippen LogP contribution in [0.15, 0.2) is 58.4 Å². The number of thioether (sulfide) groups is 1. The Hall–Kier alpha value is -3.79. The zero-order valence-corrected chi connectivity index (χ0v) is 14.9. The summed E-state index contributed by atoms with van der Waals surface area (Å²) in [7, 11) is 0. The molecule has 4 heterocycles. The molecular formula is C18H10N6O3S. The molecule has 1 fully saturated rings. The lowest BCUT2D eigenvalue weighted by molar-refractivity contribution is -0.115. The van der Waals surface area contributed by atoms with E-state index in [1.807, 2.05) is 24.3 Å². The summed E-state index contributed by atoms with van der Waals surface area (Å²) < 4.78 is 7.50. The van der Waals surface area contributed by atoms with Crippen LogP contribution < -0.4 is 5.32 Å². The Balaban J connectivity index is 1.54. The summed E-state index contributed by atoms with van der Waals surface area (Å²) >= 11 is 0.847. The van der Waals surface area contributed by atoms with E-state index in [9.17, 15) is 9.59 Å². The van der Waals surface area contributed by atoms with E-state index in [4.69, 9.17) is 4.42 Å². The van der Waals surface area contributed by atoms with E-state index in [0.29, 0.717) is 16.2 Å². The molecule has 1 N–H and O–H groups in total. The van der Waals surface area contributed by atoms with Crippen LogP contribution in [0.3, 0.4) is 0 Å². The van der Waals surface area contributed by atoms with Gasteiger partial charge in [0.15, 0.2) is 0 Å². The van der Waals surface area contributed by atoms with Crippen molar-refractivity contribution in [3.63, 3.8) is 0 Å². The van der Waals surface area contributed by atoms with Crippen molar-refractivity contribution in [2.75, 3.05) is 0 Å². The van der Waals surface area contributed by atoms with Gasteiger partial charge in [0, 0.05) is 29.4 Å². The van der Waals surface area contributed by atoms with Gasteiger partial charge in [-0.1, -0.05) is 12.1 Å². The highest BCUT2D eigenvalue weighted by Gasteiger charge is 2.25. The number of imide groups is 1. The molecule has 0 saturated carbocycles. The lowest BCUT2D eigenvalue weighted by Gasteiger charge is -2.04. The highest BCUT2D eigenvalue weighted by atomic mass is 32.2. The van der Waals surface area contributed by atoms with Crippen molar-refractivity contribution in [1.29, 1.82) is 0 Å². The number of pyridine rings is 1. The van der Waals surface area contributed by atoms with Gasteiger partial charge in [-0.05, 0) is 46.0 Å². The highest BCUT2D eigenvalue weighted by Crippen LogP contribution is 2.33. The Morgan fingerprint density at radius 1 is 1.14 bits per heavy atom. The minimum Gasteiger partial charge on any atom is -0.456 e. The topological polar surface area (TPSA) is 116 Å². The average Bonchev–Trinajstić information content (AvgIpc) is 3.42. The van der Waals surface area contributed by atoms with E-state index in [0.717, 1.165) is 34.0 Å². The molecule has 1 saturated heterocycles. The number of aromatic nitrogens is 5. The van der Waals surface area contributed by atoms with E-state index in [-0.39, 0.29) is 0 Å². The fraction of sp³-hybridized carbons (Fsp3) is 0. The van der Waals surface area contributed by atoms with Crippen molar-refractivity contribution < 1.29 is 14.0 Å². The van der Waals surface area contributed by atoms with Crippen LogP contribution in [-0.2, 0) is 4.79 Å². The zero-order chi connectivity index (χ0) is 19.1. The monoisotopic (exact) mass is 390 g/mol. The second-order valence-electron chi connectivity index (χ2n) is 5.91. The molecule has 5 rings (SSSR count). The third-order valence-corrected chi connectivity index (χ3v) is 4.96. The Bertz CT molecular complexity index is 1240. The first kappa shape index (κ1) is 16.4. The summed E-state index contributed by atoms with van der Waals surface area (Å²) in [5, 5.41) is 13.7. The fourth-order valence-corrected chi connectivity index (χ4v) is 3.54. The summed E-state index contributed by atoms with van der Waals surface area (Å²) in [5.41, 5.74) is 3.19. The molecular weight excluding hydrogens is 380 g/mol. The first-order valence-electron chi connectivity index (χ1n) is 8.13. The maximum atomic E-state index is 11.7. The van der Waals surface area contributed by atoms with E-state index in [1.165, 1.54) is 6.33 Å². The molecule has 1 aliphatic rings. The molecule has 10 heteroatoms. The van der Waals surface area contributed by atoms with Gasteiger partial charge in [0.05, 0.1) is 10.6 Å². The van der Waals surface area contributed by atoms with Crippen LogP contribution >= 0.6 is 11.8 Å². The zero-order valence-electron chi connectivity index (χ0n) is 14.1. The van der Waals surface area contributed by atoms with Gasteiger partial charge in [-0.3, -0.25) is 19.9 Å². The molecule has 3 aromatic heterocycles. The number of nitrogens with zero attached hydrogens (tertiary/aromatic N) is 5. The molecule has 0 radical (unpaired) electrons. The van der Waals surface area contributed by atoms with Crippen LogP contribution in [0.4, 0.5) is 4.79 Å². The standard InChI is InChI=1S/C18H10N6O3S/c25-17-15(28-18(26)21-17)6-13-5-11-7-19-8-14(16(11)27-13)10-1-3-12(4-2-10)24-9-20-22-23-24/h1-9H,(H,21,25,26)/b15-6+. The molecule has 2 amide bonds. The summed E-state index contributed by atoms with van der Waals surface area (Å²) in [5.74, 6) is 0.0499. The van der Waals surface area contributed by atoms with Crippen LogP contribution in [0.5, 0.6) is 0 Å². The van der Waals surface area contributed by atoms with Gasteiger partial charge in [-0.25, -0.2) is 4.68 Å². The van der Waals surface area contributed by atoms with Crippen molar-refractivity contribution in [3.05, 3.63) is 59.7 Å². The van der Waals surface area contributed by atoms with Gasteiger partial charge in [0.2, 0.25) is 0 Å². The maximum absolute atomic E-state index is 11.7. The van der Waals surface area contributed by atoms with Crippen LogP contribution in [0.1, 0.15) is 5.76 Å². The molecule has 9 nitrogen and oxygen atoms in total. The number of carbonyl (C=O) groups excluding carboxylic acids is 2. The van der Waals surface area contributed by atoms with Crippen molar-refractivity contribution in [2.45, 2.75) is 0 Å². The average molecular weight is 390 g/mol. The summed E-state index contributed by atoms with van der Waals surface area (Å²) in [6.07, 6.45) is 6.48. The maximum Gasteiger partial charge on any atom is 0.290 e. The Kier molecular flexibility index (Phi) is 3.76. The van der Waals surface area contributed by atoms with Gasteiger partial charge >= 0.3 is 0 Å². The quantitative estimate of drug-likeness (QED) is 0.531. The predicted octanol–water partition coefficient (Wildman–Crippen LogP) is 2.79. The van der Waals surface area contributed by atoms with Crippen LogP contribution in [0.2, 0.25) is 0 Å². The lowest BCUT2D eigenvalue weighted by Crippen LogP contribution is -2.17. The third-order valence-electron chi connectivity index (χ3n) is 4.15. The van der Waals surface area contributed by atoms with E-state index in [1.54, 1.807) is 29.2 Å². The van der Waals surface area contributed by atoms with Crippen LogP contribution in [-0.4, -0.2) is 36.3 Å².